The van der Waals surface area contributed by atoms with Gasteiger partial charge >= 0.3 is 11.9 Å². The summed E-state index contributed by atoms with van der Waals surface area (Å²) < 4.78 is 18.0. The molecular formula is C30H30ClNO4. The van der Waals surface area contributed by atoms with Gasteiger partial charge in [-0.25, -0.2) is 4.79 Å². The molecular weight excluding hydrogens is 474 g/mol. The predicted octanol–water partition coefficient (Wildman–Crippen LogP) is 5.65. The van der Waals surface area contributed by atoms with Crippen molar-refractivity contribution in [2.75, 3.05) is 20.2 Å². The van der Waals surface area contributed by atoms with Crippen molar-refractivity contribution >= 4 is 29.1 Å². The van der Waals surface area contributed by atoms with E-state index < -0.39 is 11.9 Å². The summed E-state index contributed by atoms with van der Waals surface area (Å²) in [6.45, 7) is 1.41. The van der Waals surface area contributed by atoms with Crippen LogP contribution in [-0.4, -0.2) is 32.3 Å². The SMILES string of the molecule is CO[C@@]1(OC(=O)c2ccccc2)O[C@@H](CNCCc2cccc3ccccc23)Cc2ccccc21.Cl. The molecule has 0 unspecified atom stereocenters. The first kappa shape index (κ1) is 25.9. The van der Waals surface area contributed by atoms with Crippen molar-refractivity contribution in [1.29, 1.82) is 0 Å². The molecule has 0 amide bonds. The van der Waals surface area contributed by atoms with Gasteiger partial charge in [-0.2, -0.15) is 0 Å². The van der Waals surface area contributed by atoms with Crippen molar-refractivity contribution in [2.45, 2.75) is 24.9 Å². The van der Waals surface area contributed by atoms with Crippen LogP contribution < -0.4 is 5.32 Å². The fourth-order valence-corrected chi connectivity index (χ4v) is 4.71. The normalized spacial score (nSPS) is 18.8. The predicted molar refractivity (Wildman–Crippen MR) is 143 cm³/mol. The van der Waals surface area contributed by atoms with E-state index in [0.717, 1.165) is 24.1 Å². The van der Waals surface area contributed by atoms with Gasteiger partial charge in [0.15, 0.2) is 0 Å². The lowest BCUT2D eigenvalue weighted by molar-refractivity contribution is -0.378. The molecule has 1 aliphatic heterocycles. The molecule has 1 heterocycles. The Kier molecular flexibility index (Phi) is 8.39. The van der Waals surface area contributed by atoms with Crippen molar-refractivity contribution in [3.05, 3.63) is 119 Å². The van der Waals surface area contributed by atoms with Gasteiger partial charge in [0.1, 0.15) is 0 Å². The lowest BCUT2D eigenvalue weighted by Crippen LogP contribution is -2.48. The molecule has 1 N–H and O–H groups in total. The molecule has 4 aromatic carbocycles. The number of nitrogens with one attached hydrogen (secondary N) is 1. The third kappa shape index (κ3) is 5.45. The summed E-state index contributed by atoms with van der Waals surface area (Å²) in [7, 11) is 1.51. The number of esters is 1. The van der Waals surface area contributed by atoms with Crippen molar-refractivity contribution in [2.24, 2.45) is 0 Å². The fraction of sp³-hybridized carbons (Fsp3) is 0.233. The number of hydrogen-bond acceptors (Lipinski definition) is 5. The Morgan fingerprint density at radius 3 is 2.50 bits per heavy atom. The first-order valence-corrected chi connectivity index (χ1v) is 12.0. The Balaban J connectivity index is 0.00000304. The van der Waals surface area contributed by atoms with Gasteiger partial charge in [0.25, 0.3) is 0 Å². The topological polar surface area (TPSA) is 56.8 Å². The number of ether oxygens (including phenoxy) is 3. The third-order valence-electron chi connectivity index (χ3n) is 6.44. The zero-order chi connectivity index (χ0) is 24.1. The lowest BCUT2D eigenvalue weighted by Gasteiger charge is -2.40. The number of methoxy groups -OCH3 is 1. The molecule has 0 saturated carbocycles. The van der Waals surface area contributed by atoms with Crippen molar-refractivity contribution < 1.29 is 19.0 Å². The van der Waals surface area contributed by atoms with E-state index in [-0.39, 0.29) is 18.5 Å². The van der Waals surface area contributed by atoms with Crippen LogP contribution in [-0.2, 0) is 33.0 Å². The molecule has 6 heteroatoms. The summed E-state index contributed by atoms with van der Waals surface area (Å²) in [5.41, 5.74) is 3.52. The summed E-state index contributed by atoms with van der Waals surface area (Å²) in [6.07, 6.45) is 1.38. The van der Waals surface area contributed by atoms with Crippen LogP contribution in [0.4, 0.5) is 0 Å². The van der Waals surface area contributed by atoms with E-state index in [1.807, 2.05) is 30.3 Å². The number of carbonyl (C=O) groups is 1. The molecule has 0 spiro atoms. The van der Waals surface area contributed by atoms with Gasteiger partial charge in [-0.1, -0.05) is 78.9 Å². The van der Waals surface area contributed by atoms with E-state index in [0.29, 0.717) is 18.5 Å². The van der Waals surface area contributed by atoms with Gasteiger partial charge in [0.05, 0.1) is 17.2 Å². The van der Waals surface area contributed by atoms with Crippen LogP contribution in [0.1, 0.15) is 27.0 Å². The van der Waals surface area contributed by atoms with Crippen molar-refractivity contribution in [1.82, 2.24) is 5.32 Å². The molecule has 1 aliphatic rings. The fourth-order valence-electron chi connectivity index (χ4n) is 4.71. The Bertz CT molecular complexity index is 1310. The summed E-state index contributed by atoms with van der Waals surface area (Å²) in [6, 6.07) is 31.6. The Morgan fingerprint density at radius 2 is 1.67 bits per heavy atom. The highest BCUT2D eigenvalue weighted by Gasteiger charge is 2.46. The number of halogens is 1. The molecule has 2 atom stereocenters. The molecule has 0 aliphatic carbocycles. The van der Waals surface area contributed by atoms with Crippen LogP contribution >= 0.6 is 12.4 Å². The van der Waals surface area contributed by atoms with Crippen LogP contribution in [0.5, 0.6) is 0 Å². The third-order valence-corrected chi connectivity index (χ3v) is 6.44. The molecule has 0 bridgehead atoms. The maximum absolute atomic E-state index is 12.9. The van der Waals surface area contributed by atoms with E-state index >= 15 is 0 Å². The summed E-state index contributed by atoms with van der Waals surface area (Å²) in [5.74, 6) is -2.09. The summed E-state index contributed by atoms with van der Waals surface area (Å²) in [4.78, 5) is 12.9. The van der Waals surface area contributed by atoms with Crippen molar-refractivity contribution in [3.8, 4) is 0 Å². The van der Waals surface area contributed by atoms with Crippen molar-refractivity contribution in [3.63, 3.8) is 0 Å². The van der Waals surface area contributed by atoms with Crippen LogP contribution in [0.15, 0.2) is 97.1 Å². The molecule has 5 nitrogen and oxygen atoms in total. The quantitative estimate of drug-likeness (QED) is 0.191. The van der Waals surface area contributed by atoms with E-state index in [4.69, 9.17) is 14.2 Å². The number of benzene rings is 4. The van der Waals surface area contributed by atoms with Crippen LogP contribution in [0.3, 0.4) is 0 Å². The largest absolute Gasteiger partial charge is 0.400 e. The second-order valence-corrected chi connectivity index (χ2v) is 8.71. The smallest absolute Gasteiger partial charge is 0.359 e. The zero-order valence-corrected chi connectivity index (χ0v) is 21.0. The van der Waals surface area contributed by atoms with E-state index in [1.54, 1.807) is 24.3 Å². The standard InChI is InChI=1S/C30H29NO4.ClH/c1-33-30(35-29(32)24-11-3-2-4-12-24)28-17-8-6-13-25(28)20-26(34-30)21-31-19-18-23-15-9-14-22-10-5-7-16-27(22)23;/h2-17,26,31H,18-21H2,1H3;1H/t26-,30-;/m1./s1. The first-order chi connectivity index (χ1) is 17.2. The van der Waals surface area contributed by atoms with Crippen LogP contribution in [0.2, 0.25) is 0 Å². The second kappa shape index (κ2) is 11.7. The summed E-state index contributed by atoms with van der Waals surface area (Å²) in [5, 5.41) is 6.06. The molecule has 36 heavy (non-hydrogen) atoms. The number of fused-ring (bicyclic) bond motifs is 2. The molecule has 5 rings (SSSR count). The molecule has 0 saturated heterocycles. The molecule has 186 valence electrons. The van der Waals surface area contributed by atoms with E-state index in [9.17, 15) is 4.79 Å². The van der Waals surface area contributed by atoms with Gasteiger partial charge in [-0.05, 0) is 53.1 Å². The Labute approximate surface area is 217 Å². The highest BCUT2D eigenvalue weighted by Crippen LogP contribution is 2.38. The maximum Gasteiger partial charge on any atom is 0.359 e. The zero-order valence-electron chi connectivity index (χ0n) is 20.2. The Morgan fingerprint density at radius 1 is 0.944 bits per heavy atom. The minimum Gasteiger partial charge on any atom is -0.400 e. The van der Waals surface area contributed by atoms with Gasteiger partial charge < -0.3 is 19.5 Å². The second-order valence-electron chi connectivity index (χ2n) is 8.71. The van der Waals surface area contributed by atoms with Gasteiger partial charge in [0.2, 0.25) is 0 Å². The lowest BCUT2D eigenvalue weighted by atomic mass is 9.96. The monoisotopic (exact) mass is 503 g/mol. The molecule has 0 radical (unpaired) electrons. The molecule has 0 aromatic heterocycles. The van der Waals surface area contributed by atoms with E-state index in [2.05, 4.69) is 47.8 Å². The Hall–Kier alpha value is -3.22. The average molecular weight is 504 g/mol. The van der Waals surface area contributed by atoms with Gasteiger partial charge in [-0.15, -0.1) is 12.4 Å². The van der Waals surface area contributed by atoms with E-state index in [1.165, 1.54) is 23.4 Å². The number of rotatable bonds is 8. The molecule has 4 aromatic rings. The minimum atomic E-state index is -1.59. The molecule has 0 fully saturated rings. The highest BCUT2D eigenvalue weighted by molar-refractivity contribution is 5.89. The average Bonchev–Trinajstić information content (AvgIpc) is 2.91. The number of hydrogen-bond donors (Lipinski definition) is 1. The van der Waals surface area contributed by atoms with Crippen LogP contribution in [0.25, 0.3) is 10.8 Å². The minimum absolute atomic E-state index is 0. The first-order valence-electron chi connectivity index (χ1n) is 12.0. The summed E-state index contributed by atoms with van der Waals surface area (Å²) >= 11 is 0. The van der Waals surface area contributed by atoms with Gasteiger partial charge in [-0.3, -0.25) is 0 Å². The maximum atomic E-state index is 12.9. The highest BCUT2D eigenvalue weighted by atomic mass is 35.5. The van der Waals surface area contributed by atoms with Gasteiger partial charge in [0, 0.05) is 20.1 Å². The number of carbonyl (C=O) groups excluding carboxylic acids is 1. The van der Waals surface area contributed by atoms with Crippen LogP contribution in [0, 0.1) is 0 Å².